The second-order valence-electron chi connectivity index (χ2n) is 5.88. The van der Waals surface area contributed by atoms with Crippen molar-refractivity contribution < 1.29 is 23.1 Å². The van der Waals surface area contributed by atoms with Gasteiger partial charge in [-0.1, -0.05) is 25.1 Å². The number of carbonyl (C=O) groups is 1. The third-order valence-electron chi connectivity index (χ3n) is 4.08. The average molecular weight is 356 g/mol. The number of likely N-dealkylation sites (N-methyl/N-ethyl adjacent to an activating group) is 1. The molecule has 8 heteroatoms. The largest absolute Gasteiger partial charge is 0.492 e. The van der Waals surface area contributed by atoms with Crippen LogP contribution in [0.2, 0.25) is 0 Å². The van der Waals surface area contributed by atoms with Crippen molar-refractivity contribution in [3.05, 3.63) is 30.3 Å². The van der Waals surface area contributed by atoms with E-state index in [9.17, 15) is 13.2 Å². The summed E-state index contributed by atoms with van der Waals surface area (Å²) >= 11 is 0. The van der Waals surface area contributed by atoms with Crippen LogP contribution in [0.4, 0.5) is 0 Å². The molecule has 2 rings (SSSR count). The highest BCUT2D eigenvalue weighted by Crippen LogP contribution is 2.26. The van der Waals surface area contributed by atoms with Crippen LogP contribution in [0, 0.1) is 0 Å². The topological polar surface area (TPSA) is 95.9 Å². The number of nitrogens with zero attached hydrogens (tertiary/aromatic N) is 1. The summed E-state index contributed by atoms with van der Waals surface area (Å²) in [6, 6.07) is 9.07. The Labute approximate surface area is 142 Å². The molecule has 1 aliphatic rings. The maximum Gasteiger partial charge on any atom is 0.317 e. The van der Waals surface area contributed by atoms with Gasteiger partial charge >= 0.3 is 5.97 Å². The molecule has 0 aliphatic heterocycles. The fraction of sp³-hybridized carbons (Fsp3) is 0.562. The Kier molecular flexibility index (Phi) is 6.59. The van der Waals surface area contributed by atoms with E-state index in [1.54, 1.807) is 12.1 Å². The fourth-order valence-electron chi connectivity index (χ4n) is 2.75. The lowest BCUT2D eigenvalue weighted by atomic mass is 9.86. The number of aliphatic carboxylic acids is 1. The number of hydrogen-bond acceptors (Lipinski definition) is 5. The number of carboxylic acids is 1. The molecule has 0 unspecified atom stereocenters. The Morgan fingerprint density at radius 1 is 1.33 bits per heavy atom. The first-order valence-corrected chi connectivity index (χ1v) is 9.68. The van der Waals surface area contributed by atoms with E-state index in [1.165, 1.54) is 0 Å². The van der Waals surface area contributed by atoms with E-state index in [0.717, 1.165) is 0 Å². The van der Waals surface area contributed by atoms with Crippen LogP contribution in [0.3, 0.4) is 0 Å². The first-order chi connectivity index (χ1) is 11.4. The molecular weight excluding hydrogens is 332 g/mol. The molecule has 0 amide bonds. The fourth-order valence-corrected chi connectivity index (χ4v) is 3.87. The van der Waals surface area contributed by atoms with Gasteiger partial charge in [0.15, 0.2) is 0 Å². The van der Waals surface area contributed by atoms with Gasteiger partial charge in [-0.3, -0.25) is 9.69 Å². The molecule has 1 saturated carbocycles. The van der Waals surface area contributed by atoms with E-state index >= 15 is 0 Å². The Bertz CT molecular complexity index is 629. The summed E-state index contributed by atoms with van der Waals surface area (Å²) in [6.45, 7) is 2.63. The van der Waals surface area contributed by atoms with E-state index in [4.69, 9.17) is 9.84 Å². The van der Waals surface area contributed by atoms with Gasteiger partial charge < -0.3 is 9.84 Å². The van der Waals surface area contributed by atoms with E-state index in [-0.39, 0.29) is 31.0 Å². The van der Waals surface area contributed by atoms with Gasteiger partial charge in [0.1, 0.15) is 12.4 Å². The van der Waals surface area contributed by atoms with Crippen LogP contribution < -0.4 is 9.46 Å². The van der Waals surface area contributed by atoms with E-state index < -0.39 is 16.0 Å². The predicted molar refractivity (Wildman–Crippen MR) is 90.6 cm³/mol. The van der Waals surface area contributed by atoms with Crippen LogP contribution in [0.5, 0.6) is 5.75 Å². The van der Waals surface area contributed by atoms with Gasteiger partial charge in [0.05, 0.1) is 12.3 Å². The van der Waals surface area contributed by atoms with Crippen molar-refractivity contribution in [1.82, 2.24) is 9.62 Å². The third-order valence-corrected chi connectivity index (χ3v) is 5.48. The molecule has 7 nitrogen and oxygen atoms in total. The molecule has 0 heterocycles. The lowest BCUT2D eigenvalue weighted by molar-refractivity contribution is -0.139. The van der Waals surface area contributed by atoms with Crippen molar-refractivity contribution in [1.29, 1.82) is 0 Å². The number of rotatable bonds is 10. The van der Waals surface area contributed by atoms with Crippen molar-refractivity contribution in [2.75, 3.05) is 25.4 Å². The van der Waals surface area contributed by atoms with Gasteiger partial charge in [-0.25, -0.2) is 13.1 Å². The quantitative estimate of drug-likeness (QED) is 0.647. The molecule has 0 bridgehead atoms. The zero-order valence-electron chi connectivity index (χ0n) is 13.7. The number of hydrogen-bond donors (Lipinski definition) is 2. The lowest BCUT2D eigenvalue weighted by Crippen LogP contribution is -2.55. The molecular formula is C16H24N2O5S. The van der Waals surface area contributed by atoms with Gasteiger partial charge in [0.2, 0.25) is 10.0 Å². The second kappa shape index (κ2) is 8.46. The van der Waals surface area contributed by atoms with Gasteiger partial charge in [-0.05, 0) is 31.5 Å². The number of carboxylic acid groups (broad SMARTS) is 1. The SMILES string of the molecule is CCN(CC(=O)O)C1CC(NS(=O)(=O)CCOc2ccccc2)C1. The highest BCUT2D eigenvalue weighted by Gasteiger charge is 2.35. The summed E-state index contributed by atoms with van der Waals surface area (Å²) in [4.78, 5) is 12.6. The monoisotopic (exact) mass is 356 g/mol. The summed E-state index contributed by atoms with van der Waals surface area (Å²) in [6.07, 6.45) is 1.28. The van der Waals surface area contributed by atoms with Crippen LogP contribution in [-0.2, 0) is 14.8 Å². The van der Waals surface area contributed by atoms with Crippen molar-refractivity contribution >= 4 is 16.0 Å². The predicted octanol–water partition coefficient (Wildman–Crippen LogP) is 0.922. The maximum atomic E-state index is 12.0. The van der Waals surface area contributed by atoms with Crippen LogP contribution in [-0.4, -0.2) is 61.9 Å². The second-order valence-corrected chi connectivity index (χ2v) is 7.75. The van der Waals surface area contributed by atoms with Crippen LogP contribution in [0.25, 0.3) is 0 Å². The number of sulfonamides is 1. The molecule has 1 aliphatic carbocycles. The van der Waals surface area contributed by atoms with Gasteiger partial charge in [0.25, 0.3) is 0 Å². The van der Waals surface area contributed by atoms with E-state index in [1.807, 2.05) is 30.0 Å². The molecule has 0 atom stereocenters. The van der Waals surface area contributed by atoms with E-state index in [0.29, 0.717) is 25.1 Å². The summed E-state index contributed by atoms with van der Waals surface area (Å²) in [7, 11) is -3.40. The molecule has 0 aromatic heterocycles. The molecule has 0 saturated heterocycles. The Hall–Kier alpha value is -1.64. The summed E-state index contributed by atoms with van der Waals surface area (Å²) < 4.78 is 32.2. The van der Waals surface area contributed by atoms with Gasteiger partial charge in [0, 0.05) is 12.1 Å². The minimum Gasteiger partial charge on any atom is -0.492 e. The number of para-hydroxylation sites is 1. The first kappa shape index (κ1) is 18.7. The van der Waals surface area contributed by atoms with Gasteiger partial charge in [-0.15, -0.1) is 0 Å². The smallest absolute Gasteiger partial charge is 0.317 e. The standard InChI is InChI=1S/C16H24N2O5S/c1-2-18(12-16(19)20)14-10-13(11-14)17-24(21,22)9-8-23-15-6-4-3-5-7-15/h3-7,13-14,17H,2,8-12H2,1H3,(H,19,20). The normalized spacial score (nSPS) is 20.6. The molecule has 1 fully saturated rings. The van der Waals surface area contributed by atoms with Crippen LogP contribution in [0.15, 0.2) is 30.3 Å². The number of benzene rings is 1. The molecule has 0 spiro atoms. The Morgan fingerprint density at radius 2 is 2.00 bits per heavy atom. The van der Waals surface area contributed by atoms with Crippen LogP contribution in [0.1, 0.15) is 19.8 Å². The average Bonchev–Trinajstić information content (AvgIpc) is 2.49. The summed E-state index contributed by atoms with van der Waals surface area (Å²) in [5, 5.41) is 8.86. The molecule has 24 heavy (non-hydrogen) atoms. The Balaban J connectivity index is 1.71. The summed E-state index contributed by atoms with van der Waals surface area (Å²) in [5.41, 5.74) is 0. The highest BCUT2D eigenvalue weighted by atomic mass is 32.2. The number of nitrogens with one attached hydrogen (secondary N) is 1. The first-order valence-electron chi connectivity index (χ1n) is 8.03. The molecule has 1 aromatic rings. The van der Waals surface area contributed by atoms with Crippen molar-refractivity contribution in [2.45, 2.75) is 31.8 Å². The van der Waals surface area contributed by atoms with Crippen molar-refractivity contribution in [3.8, 4) is 5.75 Å². The maximum absolute atomic E-state index is 12.0. The third kappa shape index (κ3) is 5.77. The lowest BCUT2D eigenvalue weighted by Gasteiger charge is -2.42. The molecule has 1 aromatic carbocycles. The molecule has 0 radical (unpaired) electrons. The van der Waals surface area contributed by atoms with Gasteiger partial charge in [-0.2, -0.15) is 0 Å². The highest BCUT2D eigenvalue weighted by molar-refractivity contribution is 7.89. The summed E-state index contributed by atoms with van der Waals surface area (Å²) in [5.74, 6) is -0.321. The minimum absolute atomic E-state index is 0.00838. The van der Waals surface area contributed by atoms with Crippen LogP contribution >= 0.6 is 0 Å². The minimum atomic E-state index is -3.40. The van der Waals surface area contributed by atoms with E-state index in [2.05, 4.69) is 4.72 Å². The zero-order valence-corrected chi connectivity index (χ0v) is 14.5. The molecule has 2 N–H and O–H groups in total. The molecule has 134 valence electrons. The Morgan fingerprint density at radius 3 is 2.58 bits per heavy atom. The van der Waals surface area contributed by atoms with Crippen molar-refractivity contribution in [2.24, 2.45) is 0 Å². The van der Waals surface area contributed by atoms with Crippen molar-refractivity contribution in [3.63, 3.8) is 0 Å². The number of ether oxygens (including phenoxy) is 1. The zero-order chi connectivity index (χ0) is 17.6.